The summed E-state index contributed by atoms with van der Waals surface area (Å²) in [4.78, 5) is 0. The Morgan fingerprint density at radius 3 is 2.62 bits per heavy atom. The predicted molar refractivity (Wildman–Crippen MR) is 65.0 cm³/mol. The molecule has 1 aliphatic rings. The Bertz CT molecular complexity index is 304. The van der Waals surface area contributed by atoms with Gasteiger partial charge in [-0.2, -0.15) is 0 Å². The van der Waals surface area contributed by atoms with E-state index in [1.54, 1.807) is 0 Å². The lowest BCUT2D eigenvalue weighted by atomic mass is 10.1. The first-order chi connectivity index (χ1) is 7.88. The van der Waals surface area contributed by atoms with Gasteiger partial charge in [-0.05, 0) is 24.0 Å². The zero-order valence-corrected chi connectivity index (χ0v) is 9.61. The highest BCUT2D eigenvalue weighted by Crippen LogP contribution is 2.11. The SMILES string of the molecule is NCc1ccc(CNCC2CCCO2)cc1. The number of rotatable bonds is 5. The smallest absolute Gasteiger partial charge is 0.0700 e. The van der Waals surface area contributed by atoms with Crippen LogP contribution in [0.1, 0.15) is 24.0 Å². The summed E-state index contributed by atoms with van der Waals surface area (Å²) < 4.78 is 5.55. The van der Waals surface area contributed by atoms with Crippen LogP contribution in [0, 0.1) is 0 Å². The second-order valence-corrected chi connectivity index (χ2v) is 4.29. The van der Waals surface area contributed by atoms with E-state index < -0.39 is 0 Å². The van der Waals surface area contributed by atoms with E-state index in [4.69, 9.17) is 10.5 Å². The summed E-state index contributed by atoms with van der Waals surface area (Å²) in [6, 6.07) is 8.43. The third kappa shape index (κ3) is 3.30. The van der Waals surface area contributed by atoms with Gasteiger partial charge in [0.15, 0.2) is 0 Å². The first kappa shape index (κ1) is 11.6. The summed E-state index contributed by atoms with van der Waals surface area (Å²) in [6.07, 6.45) is 2.82. The average molecular weight is 220 g/mol. The maximum Gasteiger partial charge on any atom is 0.0700 e. The molecule has 0 amide bonds. The summed E-state index contributed by atoms with van der Waals surface area (Å²) in [7, 11) is 0. The Labute approximate surface area is 97.0 Å². The molecular weight excluding hydrogens is 200 g/mol. The van der Waals surface area contributed by atoms with Crippen LogP contribution in [0.4, 0.5) is 0 Å². The topological polar surface area (TPSA) is 47.3 Å². The third-order valence-corrected chi connectivity index (χ3v) is 2.98. The second-order valence-electron chi connectivity index (χ2n) is 4.29. The number of ether oxygens (including phenoxy) is 1. The van der Waals surface area contributed by atoms with Crippen molar-refractivity contribution >= 4 is 0 Å². The van der Waals surface area contributed by atoms with Gasteiger partial charge in [0.05, 0.1) is 6.10 Å². The Kier molecular flexibility index (Phi) is 4.34. The van der Waals surface area contributed by atoms with Crippen molar-refractivity contribution in [1.29, 1.82) is 0 Å². The highest BCUT2D eigenvalue weighted by atomic mass is 16.5. The molecule has 0 radical (unpaired) electrons. The molecule has 3 nitrogen and oxygen atoms in total. The first-order valence-electron chi connectivity index (χ1n) is 5.98. The molecule has 0 aliphatic carbocycles. The number of nitrogens with one attached hydrogen (secondary N) is 1. The number of hydrogen-bond acceptors (Lipinski definition) is 3. The van der Waals surface area contributed by atoms with Crippen LogP contribution in [-0.4, -0.2) is 19.3 Å². The van der Waals surface area contributed by atoms with Crippen molar-refractivity contribution in [2.75, 3.05) is 13.2 Å². The van der Waals surface area contributed by atoms with Gasteiger partial charge < -0.3 is 15.8 Å². The van der Waals surface area contributed by atoms with E-state index in [1.165, 1.54) is 24.0 Å². The van der Waals surface area contributed by atoms with Crippen LogP contribution in [0.5, 0.6) is 0 Å². The van der Waals surface area contributed by atoms with E-state index in [-0.39, 0.29) is 0 Å². The minimum atomic E-state index is 0.420. The third-order valence-electron chi connectivity index (χ3n) is 2.98. The van der Waals surface area contributed by atoms with Crippen LogP contribution in [0.2, 0.25) is 0 Å². The highest BCUT2D eigenvalue weighted by Gasteiger charge is 2.14. The number of nitrogens with two attached hydrogens (primary N) is 1. The van der Waals surface area contributed by atoms with E-state index >= 15 is 0 Å². The van der Waals surface area contributed by atoms with Gasteiger partial charge in [0.25, 0.3) is 0 Å². The van der Waals surface area contributed by atoms with Crippen LogP contribution in [-0.2, 0) is 17.8 Å². The minimum Gasteiger partial charge on any atom is -0.377 e. The largest absolute Gasteiger partial charge is 0.377 e. The average Bonchev–Trinajstić information content (AvgIpc) is 2.83. The number of hydrogen-bond donors (Lipinski definition) is 2. The highest BCUT2D eigenvalue weighted by molar-refractivity contribution is 5.22. The zero-order chi connectivity index (χ0) is 11.2. The van der Waals surface area contributed by atoms with Gasteiger partial charge in [0.1, 0.15) is 0 Å². The van der Waals surface area contributed by atoms with Crippen LogP contribution >= 0.6 is 0 Å². The summed E-state index contributed by atoms with van der Waals surface area (Å²) in [5.41, 5.74) is 8.03. The Morgan fingerprint density at radius 1 is 1.25 bits per heavy atom. The monoisotopic (exact) mass is 220 g/mol. The standard InChI is InChI=1S/C13H20N2O/c14-8-11-3-5-12(6-4-11)9-15-10-13-2-1-7-16-13/h3-6,13,15H,1-2,7-10,14H2. The fourth-order valence-corrected chi connectivity index (χ4v) is 1.98. The predicted octanol–water partition coefficient (Wildman–Crippen LogP) is 1.41. The molecule has 1 atom stereocenters. The molecule has 1 unspecified atom stereocenters. The van der Waals surface area contributed by atoms with E-state index in [1.807, 2.05) is 0 Å². The molecule has 16 heavy (non-hydrogen) atoms. The first-order valence-corrected chi connectivity index (χ1v) is 5.98. The van der Waals surface area contributed by atoms with Gasteiger partial charge in [-0.1, -0.05) is 24.3 Å². The molecular formula is C13H20N2O. The van der Waals surface area contributed by atoms with Crippen LogP contribution in [0.3, 0.4) is 0 Å². The number of benzene rings is 1. The normalized spacial score (nSPS) is 20.2. The quantitative estimate of drug-likeness (QED) is 0.789. The van der Waals surface area contributed by atoms with Gasteiger partial charge in [0.2, 0.25) is 0 Å². The van der Waals surface area contributed by atoms with E-state index in [0.717, 1.165) is 19.7 Å². The van der Waals surface area contributed by atoms with Crippen molar-refractivity contribution < 1.29 is 4.74 Å². The maximum absolute atomic E-state index is 5.55. The molecule has 1 heterocycles. The molecule has 0 spiro atoms. The lowest BCUT2D eigenvalue weighted by Gasteiger charge is -2.10. The fourth-order valence-electron chi connectivity index (χ4n) is 1.98. The fraction of sp³-hybridized carbons (Fsp3) is 0.538. The zero-order valence-electron chi connectivity index (χ0n) is 9.61. The molecule has 88 valence electrons. The van der Waals surface area contributed by atoms with Crippen LogP contribution < -0.4 is 11.1 Å². The van der Waals surface area contributed by atoms with E-state index in [0.29, 0.717) is 12.6 Å². The van der Waals surface area contributed by atoms with Crippen LogP contribution in [0.15, 0.2) is 24.3 Å². The summed E-state index contributed by atoms with van der Waals surface area (Å²) in [6.45, 7) is 3.41. The molecule has 0 bridgehead atoms. The Balaban J connectivity index is 1.71. The molecule has 1 aromatic rings. The van der Waals surface area contributed by atoms with Crippen molar-refractivity contribution in [1.82, 2.24) is 5.32 Å². The Morgan fingerprint density at radius 2 is 2.00 bits per heavy atom. The van der Waals surface area contributed by atoms with Gasteiger partial charge in [-0.15, -0.1) is 0 Å². The lowest BCUT2D eigenvalue weighted by molar-refractivity contribution is 0.110. The van der Waals surface area contributed by atoms with Crippen molar-refractivity contribution in [3.05, 3.63) is 35.4 Å². The Hall–Kier alpha value is -0.900. The molecule has 3 heteroatoms. The van der Waals surface area contributed by atoms with E-state index in [9.17, 15) is 0 Å². The van der Waals surface area contributed by atoms with Crippen molar-refractivity contribution in [3.63, 3.8) is 0 Å². The van der Waals surface area contributed by atoms with E-state index in [2.05, 4.69) is 29.6 Å². The minimum absolute atomic E-state index is 0.420. The molecule has 1 fully saturated rings. The van der Waals surface area contributed by atoms with Gasteiger partial charge in [-0.3, -0.25) is 0 Å². The maximum atomic E-state index is 5.55. The van der Waals surface area contributed by atoms with Gasteiger partial charge >= 0.3 is 0 Å². The van der Waals surface area contributed by atoms with Crippen molar-refractivity contribution in [2.45, 2.75) is 32.0 Å². The summed E-state index contributed by atoms with van der Waals surface area (Å²) in [5.74, 6) is 0. The molecule has 0 saturated carbocycles. The second kappa shape index (κ2) is 5.99. The van der Waals surface area contributed by atoms with Crippen LogP contribution in [0.25, 0.3) is 0 Å². The molecule has 0 aromatic heterocycles. The molecule has 1 aromatic carbocycles. The van der Waals surface area contributed by atoms with Gasteiger partial charge in [-0.25, -0.2) is 0 Å². The van der Waals surface area contributed by atoms with Crippen molar-refractivity contribution in [2.24, 2.45) is 5.73 Å². The summed E-state index contributed by atoms with van der Waals surface area (Å²) in [5, 5.41) is 3.42. The molecule has 2 rings (SSSR count). The molecule has 1 saturated heterocycles. The van der Waals surface area contributed by atoms with Crippen molar-refractivity contribution in [3.8, 4) is 0 Å². The summed E-state index contributed by atoms with van der Waals surface area (Å²) >= 11 is 0. The molecule has 3 N–H and O–H groups in total. The molecule has 1 aliphatic heterocycles. The lowest BCUT2D eigenvalue weighted by Crippen LogP contribution is -2.25. The van der Waals surface area contributed by atoms with Gasteiger partial charge in [0, 0.05) is 26.2 Å².